The second-order valence-corrected chi connectivity index (χ2v) is 4.99. The van der Waals surface area contributed by atoms with Crippen molar-refractivity contribution >= 4 is 5.82 Å². The van der Waals surface area contributed by atoms with Crippen molar-refractivity contribution in [2.45, 2.75) is 45.1 Å². The molecule has 0 spiro atoms. The quantitative estimate of drug-likeness (QED) is 0.854. The highest BCUT2D eigenvalue weighted by atomic mass is 15.2. The van der Waals surface area contributed by atoms with Crippen molar-refractivity contribution in [3.8, 4) is 0 Å². The monoisotopic (exact) mass is 233 g/mol. The summed E-state index contributed by atoms with van der Waals surface area (Å²) >= 11 is 0. The summed E-state index contributed by atoms with van der Waals surface area (Å²) in [6.07, 6.45) is 8.60. The van der Waals surface area contributed by atoms with Crippen molar-refractivity contribution < 1.29 is 0 Å². The van der Waals surface area contributed by atoms with E-state index in [0.29, 0.717) is 0 Å². The van der Waals surface area contributed by atoms with Gasteiger partial charge in [-0.15, -0.1) is 0 Å². The van der Waals surface area contributed by atoms with Gasteiger partial charge in [-0.3, -0.25) is 0 Å². The van der Waals surface area contributed by atoms with Crippen LogP contribution < -0.4 is 10.6 Å². The lowest BCUT2D eigenvalue weighted by molar-refractivity contribution is 0.553. The summed E-state index contributed by atoms with van der Waals surface area (Å²) in [6, 6.07) is 4.29. The highest BCUT2D eigenvalue weighted by Gasteiger charge is 2.10. The molecule has 0 aromatic carbocycles. The Morgan fingerprint density at radius 3 is 2.29 bits per heavy atom. The molecule has 1 aliphatic rings. The van der Waals surface area contributed by atoms with E-state index in [2.05, 4.69) is 22.0 Å². The van der Waals surface area contributed by atoms with E-state index in [0.717, 1.165) is 24.5 Å². The molecule has 3 heteroatoms. The average molecular weight is 233 g/mol. The predicted molar refractivity (Wildman–Crippen MR) is 72.1 cm³/mol. The molecular weight excluding hydrogens is 210 g/mol. The Balaban J connectivity index is 2.04. The van der Waals surface area contributed by atoms with Crippen molar-refractivity contribution in [2.75, 3.05) is 18.0 Å². The first-order chi connectivity index (χ1) is 8.27. The van der Waals surface area contributed by atoms with Gasteiger partial charge < -0.3 is 10.6 Å². The highest BCUT2D eigenvalue weighted by molar-refractivity contribution is 5.39. The molecule has 2 rings (SSSR count). The first-order valence-corrected chi connectivity index (χ1v) is 6.74. The van der Waals surface area contributed by atoms with E-state index in [1.54, 1.807) is 0 Å². The second-order valence-electron chi connectivity index (χ2n) is 4.99. The van der Waals surface area contributed by atoms with Gasteiger partial charge in [-0.25, -0.2) is 4.98 Å². The number of anilines is 1. The van der Waals surface area contributed by atoms with Gasteiger partial charge in [0.1, 0.15) is 5.82 Å². The molecule has 3 nitrogen and oxygen atoms in total. The molecule has 1 aromatic rings. The van der Waals surface area contributed by atoms with Crippen LogP contribution in [0, 0.1) is 0 Å². The Labute approximate surface area is 104 Å². The van der Waals surface area contributed by atoms with Crippen molar-refractivity contribution in [1.82, 2.24) is 4.98 Å². The minimum absolute atomic E-state index is 0.0730. The van der Waals surface area contributed by atoms with Crippen LogP contribution in [0.3, 0.4) is 0 Å². The van der Waals surface area contributed by atoms with E-state index in [9.17, 15) is 0 Å². The largest absolute Gasteiger partial charge is 0.357 e. The number of nitrogens with two attached hydrogens (primary N) is 1. The molecule has 1 aromatic heterocycles. The molecule has 94 valence electrons. The maximum atomic E-state index is 5.83. The van der Waals surface area contributed by atoms with Crippen LogP contribution in [-0.2, 0) is 0 Å². The lowest BCUT2D eigenvalue weighted by Crippen LogP contribution is -2.27. The molecule has 1 aliphatic heterocycles. The van der Waals surface area contributed by atoms with E-state index in [-0.39, 0.29) is 6.04 Å². The van der Waals surface area contributed by atoms with Gasteiger partial charge in [0.2, 0.25) is 0 Å². The molecule has 0 radical (unpaired) electrons. The van der Waals surface area contributed by atoms with E-state index >= 15 is 0 Å². The lowest BCUT2D eigenvalue weighted by atomic mass is 10.1. The van der Waals surface area contributed by atoms with E-state index in [1.807, 2.05) is 13.1 Å². The molecule has 0 amide bonds. The van der Waals surface area contributed by atoms with Crippen LogP contribution in [0.4, 0.5) is 5.82 Å². The summed E-state index contributed by atoms with van der Waals surface area (Å²) < 4.78 is 0. The van der Waals surface area contributed by atoms with Crippen LogP contribution in [0.2, 0.25) is 0 Å². The standard InChI is InChI=1S/C14H23N3/c1-12(15)13-7-8-14(16-11-13)17-9-5-3-2-4-6-10-17/h7-8,11-12H,2-6,9-10,15H2,1H3/t12-/m1/s1. The molecule has 0 saturated carbocycles. The number of hydrogen-bond donors (Lipinski definition) is 1. The minimum Gasteiger partial charge on any atom is -0.357 e. The molecule has 17 heavy (non-hydrogen) atoms. The zero-order chi connectivity index (χ0) is 12.1. The number of pyridine rings is 1. The van der Waals surface area contributed by atoms with E-state index < -0.39 is 0 Å². The Hall–Kier alpha value is -1.09. The van der Waals surface area contributed by atoms with Crippen molar-refractivity contribution in [3.63, 3.8) is 0 Å². The lowest BCUT2D eigenvalue weighted by Gasteiger charge is -2.26. The molecule has 0 unspecified atom stereocenters. The molecule has 1 atom stereocenters. The zero-order valence-electron chi connectivity index (χ0n) is 10.7. The Morgan fingerprint density at radius 2 is 1.76 bits per heavy atom. The first-order valence-electron chi connectivity index (χ1n) is 6.74. The van der Waals surface area contributed by atoms with Gasteiger partial charge in [0.25, 0.3) is 0 Å². The van der Waals surface area contributed by atoms with Crippen molar-refractivity contribution in [3.05, 3.63) is 23.9 Å². The molecular formula is C14H23N3. The van der Waals surface area contributed by atoms with Gasteiger partial charge in [-0.05, 0) is 31.4 Å². The van der Waals surface area contributed by atoms with Crippen molar-refractivity contribution in [1.29, 1.82) is 0 Å². The molecule has 1 fully saturated rings. The van der Waals surface area contributed by atoms with Crippen LogP contribution in [0.15, 0.2) is 18.3 Å². The van der Waals surface area contributed by atoms with Gasteiger partial charge in [-0.1, -0.05) is 25.3 Å². The summed E-state index contributed by atoms with van der Waals surface area (Å²) in [4.78, 5) is 6.95. The molecule has 0 aliphatic carbocycles. The maximum Gasteiger partial charge on any atom is 0.128 e. The van der Waals surface area contributed by atoms with Crippen LogP contribution in [0.25, 0.3) is 0 Å². The summed E-state index contributed by atoms with van der Waals surface area (Å²) in [5.74, 6) is 1.11. The number of rotatable bonds is 2. The average Bonchev–Trinajstić information content (AvgIpc) is 2.29. The maximum absolute atomic E-state index is 5.83. The van der Waals surface area contributed by atoms with E-state index in [4.69, 9.17) is 5.73 Å². The molecule has 1 saturated heterocycles. The first kappa shape index (κ1) is 12.4. The topological polar surface area (TPSA) is 42.1 Å². The molecule has 2 N–H and O–H groups in total. The highest BCUT2D eigenvalue weighted by Crippen LogP contribution is 2.18. The molecule has 2 heterocycles. The Bertz CT molecular complexity index is 324. The van der Waals surface area contributed by atoms with Gasteiger partial charge in [0.15, 0.2) is 0 Å². The van der Waals surface area contributed by atoms with Crippen LogP contribution in [0.1, 0.15) is 50.6 Å². The van der Waals surface area contributed by atoms with Crippen LogP contribution >= 0.6 is 0 Å². The fourth-order valence-electron chi connectivity index (χ4n) is 2.33. The number of aromatic nitrogens is 1. The van der Waals surface area contributed by atoms with Crippen molar-refractivity contribution in [2.24, 2.45) is 5.73 Å². The summed E-state index contributed by atoms with van der Waals surface area (Å²) in [5, 5.41) is 0. The van der Waals surface area contributed by atoms with Crippen LogP contribution in [0.5, 0.6) is 0 Å². The Kier molecular flexibility index (Phi) is 4.37. The van der Waals surface area contributed by atoms with Gasteiger partial charge in [0, 0.05) is 25.3 Å². The fourth-order valence-corrected chi connectivity index (χ4v) is 2.33. The third-order valence-corrected chi connectivity index (χ3v) is 3.48. The second kappa shape index (κ2) is 6.01. The fraction of sp³-hybridized carbons (Fsp3) is 0.643. The Morgan fingerprint density at radius 1 is 1.12 bits per heavy atom. The number of hydrogen-bond acceptors (Lipinski definition) is 3. The van der Waals surface area contributed by atoms with Gasteiger partial charge in [-0.2, -0.15) is 0 Å². The SMILES string of the molecule is C[C@@H](N)c1ccc(N2CCCCCCC2)nc1. The normalized spacial score (nSPS) is 19.5. The summed E-state index contributed by atoms with van der Waals surface area (Å²) in [6.45, 7) is 4.28. The summed E-state index contributed by atoms with van der Waals surface area (Å²) in [7, 11) is 0. The third-order valence-electron chi connectivity index (χ3n) is 3.48. The molecule has 0 bridgehead atoms. The zero-order valence-corrected chi connectivity index (χ0v) is 10.7. The van der Waals surface area contributed by atoms with Gasteiger partial charge >= 0.3 is 0 Å². The van der Waals surface area contributed by atoms with Crippen LogP contribution in [-0.4, -0.2) is 18.1 Å². The summed E-state index contributed by atoms with van der Waals surface area (Å²) in [5.41, 5.74) is 6.95. The van der Waals surface area contributed by atoms with Gasteiger partial charge in [0.05, 0.1) is 0 Å². The third kappa shape index (κ3) is 3.43. The predicted octanol–water partition coefficient (Wildman–Crippen LogP) is 2.87. The smallest absolute Gasteiger partial charge is 0.128 e. The number of nitrogens with zero attached hydrogens (tertiary/aromatic N) is 2. The minimum atomic E-state index is 0.0730. The van der Waals surface area contributed by atoms with E-state index in [1.165, 1.54) is 32.1 Å².